The topological polar surface area (TPSA) is 77.8 Å². The molecule has 0 radical (unpaired) electrons. The van der Waals surface area contributed by atoms with Crippen LogP contribution in [0.4, 0.5) is 10.5 Å². The van der Waals surface area contributed by atoms with Gasteiger partial charge >= 0.3 is 6.03 Å². The highest BCUT2D eigenvalue weighted by Crippen LogP contribution is 2.27. The van der Waals surface area contributed by atoms with E-state index in [1.165, 1.54) is 0 Å². The molecule has 7 heteroatoms. The van der Waals surface area contributed by atoms with E-state index < -0.39 is 0 Å². The number of nitrogens with one attached hydrogen (secondary N) is 1. The van der Waals surface area contributed by atoms with E-state index in [0.29, 0.717) is 49.8 Å². The van der Waals surface area contributed by atoms with Gasteiger partial charge in [-0.25, -0.2) is 4.79 Å². The van der Waals surface area contributed by atoms with Crippen molar-refractivity contribution in [3.8, 4) is 17.6 Å². The monoisotopic (exact) mass is 380 g/mol. The number of carbonyl (C=O) groups is 1. The SMILES string of the molecule is COc1ccc(CNC(=O)N2CCN(c3ccccc3C#N)CC2)cc1OC. The maximum atomic E-state index is 12.5. The van der Waals surface area contributed by atoms with Crippen molar-refractivity contribution in [3.05, 3.63) is 53.6 Å². The fourth-order valence-corrected chi connectivity index (χ4v) is 3.27. The number of urea groups is 1. The third kappa shape index (κ3) is 4.29. The van der Waals surface area contributed by atoms with Crippen LogP contribution in [-0.4, -0.2) is 51.3 Å². The molecule has 1 aliphatic heterocycles. The number of ether oxygens (including phenoxy) is 2. The number of benzene rings is 2. The van der Waals surface area contributed by atoms with E-state index in [0.717, 1.165) is 11.3 Å². The Kier molecular flexibility index (Phi) is 6.22. The number of carbonyl (C=O) groups excluding carboxylic acids is 1. The van der Waals surface area contributed by atoms with Gasteiger partial charge in [-0.3, -0.25) is 0 Å². The summed E-state index contributed by atoms with van der Waals surface area (Å²) in [6.45, 7) is 3.02. The minimum Gasteiger partial charge on any atom is -0.493 e. The number of nitrogens with zero attached hydrogens (tertiary/aromatic N) is 3. The maximum absolute atomic E-state index is 12.5. The number of amides is 2. The van der Waals surface area contributed by atoms with Crippen molar-refractivity contribution in [1.82, 2.24) is 10.2 Å². The zero-order chi connectivity index (χ0) is 19.9. The van der Waals surface area contributed by atoms with Gasteiger partial charge in [0.1, 0.15) is 6.07 Å². The standard InChI is InChI=1S/C21H24N4O3/c1-27-19-8-7-16(13-20(19)28-2)15-23-21(26)25-11-9-24(10-12-25)18-6-4-3-5-17(18)14-22/h3-8,13H,9-12,15H2,1-2H3,(H,23,26). The molecule has 0 unspecified atom stereocenters. The Morgan fingerprint density at radius 2 is 1.79 bits per heavy atom. The highest BCUT2D eigenvalue weighted by molar-refractivity contribution is 5.74. The van der Waals surface area contributed by atoms with Crippen molar-refractivity contribution in [2.45, 2.75) is 6.54 Å². The number of hydrogen-bond acceptors (Lipinski definition) is 5. The molecular weight excluding hydrogens is 356 g/mol. The van der Waals surface area contributed by atoms with E-state index >= 15 is 0 Å². The summed E-state index contributed by atoms with van der Waals surface area (Å²) < 4.78 is 10.5. The minimum absolute atomic E-state index is 0.0944. The fraction of sp³-hybridized carbons (Fsp3) is 0.333. The lowest BCUT2D eigenvalue weighted by molar-refractivity contribution is 0.194. The summed E-state index contributed by atoms with van der Waals surface area (Å²) in [6.07, 6.45) is 0. The minimum atomic E-state index is -0.0944. The van der Waals surface area contributed by atoms with E-state index in [-0.39, 0.29) is 6.03 Å². The molecule has 146 valence electrons. The lowest BCUT2D eigenvalue weighted by atomic mass is 10.1. The Labute approximate surface area is 165 Å². The summed E-state index contributed by atoms with van der Waals surface area (Å²) in [4.78, 5) is 16.5. The summed E-state index contributed by atoms with van der Waals surface area (Å²) >= 11 is 0. The molecule has 0 saturated carbocycles. The van der Waals surface area contributed by atoms with Crippen molar-refractivity contribution in [1.29, 1.82) is 5.26 Å². The molecule has 2 aromatic rings. The van der Waals surface area contributed by atoms with Crippen LogP contribution in [0, 0.1) is 11.3 Å². The molecule has 0 atom stereocenters. The van der Waals surface area contributed by atoms with Gasteiger partial charge in [0.2, 0.25) is 0 Å². The molecule has 1 fully saturated rings. The molecule has 1 N–H and O–H groups in total. The molecule has 0 spiro atoms. The van der Waals surface area contributed by atoms with E-state index in [2.05, 4.69) is 16.3 Å². The summed E-state index contributed by atoms with van der Waals surface area (Å²) in [5.41, 5.74) is 2.52. The van der Waals surface area contributed by atoms with Crippen molar-refractivity contribution in [2.75, 3.05) is 45.3 Å². The van der Waals surface area contributed by atoms with Gasteiger partial charge in [0, 0.05) is 32.7 Å². The van der Waals surface area contributed by atoms with Gasteiger partial charge < -0.3 is 24.6 Å². The first-order chi connectivity index (χ1) is 13.7. The van der Waals surface area contributed by atoms with E-state index in [4.69, 9.17) is 9.47 Å². The Bertz CT molecular complexity index is 870. The Morgan fingerprint density at radius 3 is 2.46 bits per heavy atom. The third-order valence-electron chi connectivity index (χ3n) is 4.82. The molecule has 1 heterocycles. The summed E-state index contributed by atoms with van der Waals surface area (Å²) in [6, 6.07) is 15.3. The number of para-hydroxylation sites is 1. The zero-order valence-corrected chi connectivity index (χ0v) is 16.1. The van der Waals surface area contributed by atoms with Crippen LogP contribution in [0.25, 0.3) is 0 Å². The lowest BCUT2D eigenvalue weighted by Crippen LogP contribution is -2.51. The van der Waals surface area contributed by atoms with Crippen LogP contribution >= 0.6 is 0 Å². The molecule has 2 amide bonds. The molecule has 7 nitrogen and oxygen atoms in total. The molecule has 0 aromatic heterocycles. The average molecular weight is 380 g/mol. The molecule has 1 saturated heterocycles. The van der Waals surface area contributed by atoms with Crippen LogP contribution in [0.1, 0.15) is 11.1 Å². The maximum Gasteiger partial charge on any atom is 0.317 e. The Hall–Kier alpha value is -3.40. The summed E-state index contributed by atoms with van der Waals surface area (Å²) in [7, 11) is 3.18. The van der Waals surface area contributed by atoms with Crippen LogP contribution in [-0.2, 0) is 6.54 Å². The van der Waals surface area contributed by atoms with Crippen molar-refractivity contribution >= 4 is 11.7 Å². The lowest BCUT2D eigenvalue weighted by Gasteiger charge is -2.36. The molecule has 28 heavy (non-hydrogen) atoms. The second kappa shape index (κ2) is 9.00. The quantitative estimate of drug-likeness (QED) is 0.863. The fourth-order valence-electron chi connectivity index (χ4n) is 3.27. The first-order valence-corrected chi connectivity index (χ1v) is 9.14. The van der Waals surface area contributed by atoms with Crippen molar-refractivity contribution < 1.29 is 14.3 Å². The first-order valence-electron chi connectivity index (χ1n) is 9.14. The zero-order valence-electron chi connectivity index (χ0n) is 16.1. The van der Waals surface area contributed by atoms with Gasteiger partial charge in [0.25, 0.3) is 0 Å². The average Bonchev–Trinajstić information content (AvgIpc) is 2.77. The van der Waals surface area contributed by atoms with E-state index in [9.17, 15) is 10.1 Å². The number of hydrogen-bond donors (Lipinski definition) is 1. The van der Waals surface area contributed by atoms with Gasteiger partial charge in [0.15, 0.2) is 11.5 Å². The van der Waals surface area contributed by atoms with Gasteiger partial charge in [-0.1, -0.05) is 18.2 Å². The van der Waals surface area contributed by atoms with Gasteiger partial charge in [-0.15, -0.1) is 0 Å². The van der Waals surface area contributed by atoms with Crippen molar-refractivity contribution in [3.63, 3.8) is 0 Å². The van der Waals surface area contributed by atoms with Gasteiger partial charge in [-0.2, -0.15) is 5.26 Å². The van der Waals surface area contributed by atoms with Crippen molar-refractivity contribution in [2.24, 2.45) is 0 Å². The highest BCUT2D eigenvalue weighted by atomic mass is 16.5. The van der Waals surface area contributed by atoms with E-state index in [1.54, 1.807) is 19.1 Å². The molecule has 0 aliphatic carbocycles. The number of nitriles is 1. The molecule has 0 bridgehead atoms. The van der Waals surface area contributed by atoms with E-state index in [1.807, 2.05) is 42.5 Å². The first kappa shape index (κ1) is 19.4. The predicted molar refractivity (Wildman–Crippen MR) is 107 cm³/mol. The van der Waals surface area contributed by atoms with Crippen LogP contribution in [0.3, 0.4) is 0 Å². The smallest absolute Gasteiger partial charge is 0.317 e. The largest absolute Gasteiger partial charge is 0.493 e. The Morgan fingerprint density at radius 1 is 1.07 bits per heavy atom. The second-order valence-corrected chi connectivity index (χ2v) is 6.45. The molecule has 2 aromatic carbocycles. The normalized spacial score (nSPS) is 13.6. The van der Waals surface area contributed by atoms with Gasteiger partial charge in [-0.05, 0) is 29.8 Å². The number of piperazine rings is 1. The highest BCUT2D eigenvalue weighted by Gasteiger charge is 2.22. The van der Waals surface area contributed by atoms with Crippen LogP contribution < -0.4 is 19.7 Å². The van der Waals surface area contributed by atoms with Crippen LogP contribution in [0.15, 0.2) is 42.5 Å². The number of rotatable bonds is 5. The molecule has 3 rings (SSSR count). The third-order valence-corrected chi connectivity index (χ3v) is 4.82. The number of methoxy groups -OCH3 is 2. The van der Waals surface area contributed by atoms with Crippen LogP contribution in [0.5, 0.6) is 11.5 Å². The molecule has 1 aliphatic rings. The Balaban J connectivity index is 1.54. The van der Waals surface area contributed by atoms with Crippen LogP contribution in [0.2, 0.25) is 0 Å². The summed E-state index contributed by atoms with van der Waals surface area (Å²) in [5.74, 6) is 1.30. The molecular formula is C21H24N4O3. The predicted octanol–water partition coefficient (Wildman–Crippen LogP) is 2.61. The summed E-state index contributed by atoms with van der Waals surface area (Å²) in [5, 5.41) is 12.2. The number of anilines is 1. The second-order valence-electron chi connectivity index (χ2n) is 6.45. The van der Waals surface area contributed by atoms with Gasteiger partial charge in [0.05, 0.1) is 25.5 Å².